The van der Waals surface area contributed by atoms with E-state index in [1.807, 2.05) is 0 Å². The zero-order valence-electron chi connectivity index (χ0n) is 10.8. The van der Waals surface area contributed by atoms with E-state index >= 15 is 0 Å². The van der Waals surface area contributed by atoms with E-state index in [1.165, 1.54) is 18.2 Å². The largest absolute Gasteiger partial charge is 0.241 e. The van der Waals surface area contributed by atoms with Crippen molar-refractivity contribution in [3.63, 3.8) is 0 Å². The molecule has 6 heteroatoms. The lowest BCUT2D eigenvalue weighted by Gasteiger charge is -2.03. The molecule has 2 rings (SSSR count). The van der Waals surface area contributed by atoms with Crippen molar-refractivity contribution in [2.24, 2.45) is 0 Å². The van der Waals surface area contributed by atoms with Gasteiger partial charge in [-0.15, -0.1) is 0 Å². The van der Waals surface area contributed by atoms with Crippen LogP contribution in [0.25, 0.3) is 0 Å². The molecule has 21 heavy (non-hydrogen) atoms. The molecule has 2 aromatic rings. The minimum absolute atomic E-state index is 0.0780. The third kappa shape index (κ3) is 4.57. The summed E-state index contributed by atoms with van der Waals surface area (Å²) in [6.45, 7) is -0.0780. The predicted molar refractivity (Wildman–Crippen MR) is 79.9 cm³/mol. The molecule has 0 aliphatic rings. The number of hydrogen-bond acceptors (Lipinski definition) is 2. The van der Waals surface area contributed by atoms with Gasteiger partial charge in [-0.1, -0.05) is 35.6 Å². The minimum atomic E-state index is -3.76. The molecule has 1 N–H and O–H groups in total. The summed E-state index contributed by atoms with van der Waals surface area (Å²) in [6.07, 6.45) is 0. The number of sulfonamides is 1. The standard InChI is InChI=1S/C15H11ClFNO2S/c16-13-6-1-4-12(10-13)5-3-9-18-21(19,20)15-8-2-7-14(17)11-15/h1-2,4,6-8,10-11,18H,9H2. The van der Waals surface area contributed by atoms with Crippen LogP contribution in [0.15, 0.2) is 53.4 Å². The average molecular weight is 324 g/mol. The van der Waals surface area contributed by atoms with E-state index in [-0.39, 0.29) is 11.4 Å². The molecule has 0 atom stereocenters. The van der Waals surface area contributed by atoms with E-state index in [4.69, 9.17) is 11.6 Å². The summed E-state index contributed by atoms with van der Waals surface area (Å²) >= 11 is 5.81. The Morgan fingerprint density at radius 3 is 2.62 bits per heavy atom. The quantitative estimate of drug-likeness (QED) is 0.883. The van der Waals surface area contributed by atoms with Gasteiger partial charge in [0.1, 0.15) is 5.82 Å². The molecule has 0 bridgehead atoms. The topological polar surface area (TPSA) is 46.2 Å². The molecule has 2 aromatic carbocycles. The van der Waals surface area contributed by atoms with Crippen LogP contribution in [-0.2, 0) is 10.0 Å². The highest BCUT2D eigenvalue weighted by Crippen LogP contribution is 2.10. The number of halogens is 2. The molecule has 0 aromatic heterocycles. The van der Waals surface area contributed by atoms with Crippen LogP contribution >= 0.6 is 11.6 Å². The van der Waals surface area contributed by atoms with E-state index < -0.39 is 15.8 Å². The maximum absolute atomic E-state index is 13.0. The Labute approximate surface area is 127 Å². The second kappa shape index (κ2) is 6.72. The molecule has 0 radical (unpaired) electrons. The summed E-state index contributed by atoms with van der Waals surface area (Å²) in [5.74, 6) is 4.85. The number of rotatable bonds is 3. The zero-order valence-corrected chi connectivity index (χ0v) is 12.4. The fourth-order valence-electron chi connectivity index (χ4n) is 1.56. The van der Waals surface area contributed by atoms with Crippen molar-refractivity contribution in [3.05, 3.63) is 64.9 Å². The first-order chi connectivity index (χ1) is 9.97. The maximum Gasteiger partial charge on any atom is 0.241 e. The third-order valence-corrected chi connectivity index (χ3v) is 4.15. The molecule has 0 amide bonds. The van der Waals surface area contributed by atoms with Crippen molar-refractivity contribution < 1.29 is 12.8 Å². The molecule has 0 spiro atoms. The molecular weight excluding hydrogens is 313 g/mol. The van der Waals surface area contributed by atoms with E-state index in [2.05, 4.69) is 16.6 Å². The van der Waals surface area contributed by atoms with Crippen LogP contribution in [0.4, 0.5) is 4.39 Å². The Hall–Kier alpha value is -1.87. The first-order valence-electron chi connectivity index (χ1n) is 5.97. The fourth-order valence-corrected chi connectivity index (χ4v) is 2.71. The molecule has 108 valence electrons. The predicted octanol–water partition coefficient (Wildman–Crippen LogP) is 2.81. The van der Waals surface area contributed by atoms with Crippen LogP contribution in [0, 0.1) is 17.7 Å². The van der Waals surface area contributed by atoms with Crippen molar-refractivity contribution in [1.82, 2.24) is 4.72 Å². The first-order valence-corrected chi connectivity index (χ1v) is 7.83. The Balaban J connectivity index is 2.03. The van der Waals surface area contributed by atoms with Crippen LogP contribution in [-0.4, -0.2) is 15.0 Å². The Morgan fingerprint density at radius 1 is 1.14 bits per heavy atom. The maximum atomic E-state index is 13.0. The van der Waals surface area contributed by atoms with Gasteiger partial charge in [0.15, 0.2) is 0 Å². The van der Waals surface area contributed by atoms with Crippen LogP contribution in [0.2, 0.25) is 5.02 Å². The molecule has 0 saturated heterocycles. The lowest BCUT2D eigenvalue weighted by molar-refractivity contribution is 0.582. The molecule has 0 saturated carbocycles. The Morgan fingerprint density at radius 2 is 1.90 bits per heavy atom. The monoisotopic (exact) mass is 323 g/mol. The lowest BCUT2D eigenvalue weighted by atomic mass is 10.2. The first kappa shape index (κ1) is 15.5. The number of hydrogen-bond donors (Lipinski definition) is 1. The van der Waals surface area contributed by atoms with E-state index in [9.17, 15) is 12.8 Å². The zero-order chi connectivity index (χ0) is 15.3. The van der Waals surface area contributed by atoms with Gasteiger partial charge in [0.25, 0.3) is 0 Å². The van der Waals surface area contributed by atoms with Crippen molar-refractivity contribution in [2.75, 3.05) is 6.54 Å². The lowest BCUT2D eigenvalue weighted by Crippen LogP contribution is -2.24. The molecule has 0 heterocycles. The molecule has 3 nitrogen and oxygen atoms in total. The highest BCUT2D eigenvalue weighted by atomic mass is 35.5. The van der Waals surface area contributed by atoms with Gasteiger partial charge in [0, 0.05) is 10.6 Å². The van der Waals surface area contributed by atoms with Gasteiger partial charge in [-0.05, 0) is 36.4 Å². The van der Waals surface area contributed by atoms with E-state index in [0.717, 1.165) is 6.07 Å². The fraction of sp³-hybridized carbons (Fsp3) is 0.0667. The Kier molecular flexibility index (Phi) is 4.97. The van der Waals surface area contributed by atoms with Crippen molar-refractivity contribution in [1.29, 1.82) is 0 Å². The normalized spacial score (nSPS) is 10.8. The third-order valence-electron chi connectivity index (χ3n) is 2.51. The molecule has 0 aliphatic heterocycles. The minimum Gasteiger partial charge on any atom is -0.207 e. The van der Waals surface area contributed by atoms with Gasteiger partial charge in [-0.25, -0.2) is 12.8 Å². The van der Waals surface area contributed by atoms with Crippen LogP contribution in [0.3, 0.4) is 0 Å². The van der Waals surface area contributed by atoms with Gasteiger partial charge in [0.05, 0.1) is 11.4 Å². The molecule has 0 unspecified atom stereocenters. The summed E-state index contributed by atoms with van der Waals surface area (Å²) in [5.41, 5.74) is 0.687. The average Bonchev–Trinajstić information content (AvgIpc) is 2.44. The van der Waals surface area contributed by atoms with Crippen LogP contribution in [0.5, 0.6) is 0 Å². The number of benzene rings is 2. The summed E-state index contributed by atoms with van der Waals surface area (Å²) in [4.78, 5) is -0.132. The molecule has 0 aliphatic carbocycles. The number of nitrogens with one attached hydrogen (secondary N) is 1. The highest BCUT2D eigenvalue weighted by Gasteiger charge is 2.12. The SMILES string of the molecule is O=S(=O)(NCC#Cc1cccc(Cl)c1)c1cccc(F)c1. The summed E-state index contributed by atoms with van der Waals surface area (Å²) < 4.78 is 39.1. The summed E-state index contributed by atoms with van der Waals surface area (Å²) in [7, 11) is -3.76. The van der Waals surface area contributed by atoms with Crippen molar-refractivity contribution in [3.8, 4) is 11.8 Å². The molecule has 0 fully saturated rings. The summed E-state index contributed by atoms with van der Waals surface area (Å²) in [5, 5.41) is 0.558. The van der Waals surface area contributed by atoms with E-state index in [0.29, 0.717) is 10.6 Å². The smallest absolute Gasteiger partial charge is 0.207 e. The van der Waals surface area contributed by atoms with Crippen molar-refractivity contribution in [2.45, 2.75) is 4.90 Å². The second-order valence-electron chi connectivity index (χ2n) is 4.09. The van der Waals surface area contributed by atoms with E-state index in [1.54, 1.807) is 24.3 Å². The van der Waals surface area contributed by atoms with Gasteiger partial charge in [-0.3, -0.25) is 0 Å². The summed E-state index contributed by atoms with van der Waals surface area (Å²) in [6, 6.07) is 11.7. The van der Waals surface area contributed by atoms with Crippen LogP contribution in [0.1, 0.15) is 5.56 Å². The Bertz CT molecular complexity index is 810. The molecular formula is C15H11ClFNO2S. The van der Waals surface area contributed by atoms with Crippen LogP contribution < -0.4 is 4.72 Å². The van der Waals surface area contributed by atoms with Gasteiger partial charge >= 0.3 is 0 Å². The van der Waals surface area contributed by atoms with Gasteiger partial charge in [-0.2, -0.15) is 4.72 Å². The van der Waals surface area contributed by atoms with Crippen molar-refractivity contribution >= 4 is 21.6 Å². The van der Waals surface area contributed by atoms with Gasteiger partial charge in [0.2, 0.25) is 10.0 Å². The highest BCUT2D eigenvalue weighted by molar-refractivity contribution is 7.89. The van der Waals surface area contributed by atoms with Gasteiger partial charge < -0.3 is 0 Å². The second-order valence-corrected chi connectivity index (χ2v) is 6.30.